The van der Waals surface area contributed by atoms with Gasteiger partial charge in [0.1, 0.15) is 5.00 Å². The van der Waals surface area contributed by atoms with Crippen molar-refractivity contribution in [3.63, 3.8) is 0 Å². The van der Waals surface area contributed by atoms with Crippen molar-refractivity contribution in [1.29, 1.82) is 0 Å². The highest BCUT2D eigenvalue weighted by molar-refractivity contribution is 7.17. The van der Waals surface area contributed by atoms with E-state index < -0.39 is 0 Å². The molecule has 0 unspecified atom stereocenters. The summed E-state index contributed by atoms with van der Waals surface area (Å²) in [6.07, 6.45) is 9.05. The number of nitrogens with zero attached hydrogens (tertiary/aromatic N) is 2. The standard InChI is InChI=1S/C45H46N4O7S/c1-3-56-40(51)15-7-14-39(50)49(36-11-8-26-46-28-36)29-32-9-6-10-34(27-32)42(52)48-44-41(37-12-4-5-13-38(37)57-44)43(53)47-35-24-20-31(21-25-35)17-16-30-18-22-33(23-19-30)45(54)55-2/h6,8-11,18-28H,3-5,7,12-17,29H2,1-2H3,(H,47,53)(H,48,52). The van der Waals surface area contributed by atoms with Gasteiger partial charge in [-0.15, -0.1) is 11.3 Å². The van der Waals surface area contributed by atoms with Crippen LogP contribution in [0.4, 0.5) is 16.4 Å². The van der Waals surface area contributed by atoms with Crippen LogP contribution in [0.25, 0.3) is 0 Å². The normalized spacial score (nSPS) is 11.9. The number of thiophene rings is 1. The van der Waals surface area contributed by atoms with Gasteiger partial charge in [-0.25, -0.2) is 4.79 Å². The Bertz CT molecular complexity index is 2200. The molecule has 12 heteroatoms. The number of hydrogen-bond donors (Lipinski definition) is 2. The smallest absolute Gasteiger partial charge is 0.337 e. The van der Waals surface area contributed by atoms with Crippen molar-refractivity contribution in [2.45, 2.75) is 71.3 Å². The van der Waals surface area contributed by atoms with E-state index in [2.05, 4.69) is 15.6 Å². The van der Waals surface area contributed by atoms with Crippen LogP contribution >= 0.6 is 11.3 Å². The minimum Gasteiger partial charge on any atom is -0.466 e. The Kier molecular flexibility index (Phi) is 14.0. The second kappa shape index (κ2) is 19.6. The van der Waals surface area contributed by atoms with Gasteiger partial charge >= 0.3 is 11.9 Å². The Hall–Kier alpha value is -6.14. The summed E-state index contributed by atoms with van der Waals surface area (Å²) >= 11 is 1.45. The molecule has 1 aliphatic rings. The first-order chi connectivity index (χ1) is 27.7. The Morgan fingerprint density at radius 3 is 2.23 bits per heavy atom. The third kappa shape index (κ3) is 10.8. The van der Waals surface area contributed by atoms with E-state index in [0.717, 1.165) is 65.7 Å². The number of rotatable bonds is 16. The number of aryl methyl sites for hydroxylation is 3. The van der Waals surface area contributed by atoms with E-state index in [4.69, 9.17) is 9.47 Å². The average molecular weight is 787 g/mol. The van der Waals surface area contributed by atoms with Crippen LogP contribution in [-0.4, -0.2) is 48.4 Å². The molecule has 3 aromatic carbocycles. The molecular formula is C45H46N4O7S. The van der Waals surface area contributed by atoms with E-state index in [9.17, 15) is 24.0 Å². The molecule has 3 amide bonds. The number of pyridine rings is 1. The fourth-order valence-electron chi connectivity index (χ4n) is 6.81. The molecule has 294 valence electrons. The summed E-state index contributed by atoms with van der Waals surface area (Å²) in [5.41, 5.74) is 6.58. The zero-order valence-corrected chi connectivity index (χ0v) is 33.0. The number of carbonyl (C=O) groups excluding carboxylic acids is 5. The summed E-state index contributed by atoms with van der Waals surface area (Å²) < 4.78 is 9.78. The fourth-order valence-corrected chi connectivity index (χ4v) is 8.10. The molecule has 57 heavy (non-hydrogen) atoms. The van der Waals surface area contributed by atoms with Crippen molar-refractivity contribution in [3.05, 3.63) is 141 Å². The minimum absolute atomic E-state index is 0.141. The van der Waals surface area contributed by atoms with Crippen LogP contribution in [0.1, 0.15) is 97.2 Å². The Labute approximate surface area is 336 Å². The number of ether oxygens (including phenoxy) is 2. The number of hydrogen-bond acceptors (Lipinski definition) is 9. The van der Waals surface area contributed by atoms with Crippen molar-refractivity contribution in [2.24, 2.45) is 0 Å². The second-order valence-electron chi connectivity index (χ2n) is 13.8. The Balaban J connectivity index is 1.12. The monoisotopic (exact) mass is 786 g/mol. The van der Waals surface area contributed by atoms with Crippen molar-refractivity contribution in [1.82, 2.24) is 4.98 Å². The van der Waals surface area contributed by atoms with Gasteiger partial charge in [-0.2, -0.15) is 0 Å². The largest absolute Gasteiger partial charge is 0.466 e. The molecule has 0 radical (unpaired) electrons. The number of esters is 2. The van der Waals surface area contributed by atoms with Crippen molar-refractivity contribution in [3.8, 4) is 0 Å². The fraction of sp³-hybridized carbons (Fsp3) is 0.289. The molecule has 0 saturated heterocycles. The maximum absolute atomic E-state index is 13.9. The molecule has 11 nitrogen and oxygen atoms in total. The van der Waals surface area contributed by atoms with Crippen molar-refractivity contribution in [2.75, 3.05) is 29.3 Å². The van der Waals surface area contributed by atoms with E-state index in [1.165, 1.54) is 18.4 Å². The van der Waals surface area contributed by atoms with Crippen LogP contribution in [0.5, 0.6) is 0 Å². The molecular weight excluding hydrogens is 741 g/mol. The predicted octanol–water partition coefficient (Wildman–Crippen LogP) is 8.36. The molecule has 2 N–H and O–H groups in total. The van der Waals surface area contributed by atoms with Gasteiger partial charge in [0.25, 0.3) is 11.8 Å². The lowest BCUT2D eigenvalue weighted by Crippen LogP contribution is -2.30. The van der Waals surface area contributed by atoms with Crippen LogP contribution in [0.2, 0.25) is 0 Å². The third-order valence-electron chi connectivity index (χ3n) is 9.78. The molecule has 0 atom stereocenters. The van der Waals surface area contributed by atoms with Crippen LogP contribution in [0.15, 0.2) is 97.3 Å². The summed E-state index contributed by atoms with van der Waals surface area (Å²) in [5, 5.41) is 6.62. The van der Waals surface area contributed by atoms with Crippen molar-refractivity contribution >= 4 is 57.4 Å². The van der Waals surface area contributed by atoms with Crippen LogP contribution < -0.4 is 15.5 Å². The molecule has 5 aromatic rings. The number of amides is 3. The molecule has 0 aliphatic heterocycles. The van der Waals surface area contributed by atoms with Gasteiger partial charge < -0.3 is 25.0 Å². The zero-order chi connectivity index (χ0) is 40.1. The highest BCUT2D eigenvalue weighted by Gasteiger charge is 2.27. The zero-order valence-electron chi connectivity index (χ0n) is 32.2. The maximum atomic E-state index is 13.9. The first-order valence-electron chi connectivity index (χ1n) is 19.2. The predicted molar refractivity (Wildman–Crippen MR) is 221 cm³/mol. The topological polar surface area (TPSA) is 144 Å². The lowest BCUT2D eigenvalue weighted by molar-refractivity contribution is -0.143. The molecule has 0 saturated carbocycles. The van der Waals surface area contributed by atoms with E-state index in [-0.39, 0.29) is 55.7 Å². The molecule has 0 bridgehead atoms. The van der Waals surface area contributed by atoms with Gasteiger partial charge in [0.2, 0.25) is 5.91 Å². The molecule has 6 rings (SSSR count). The molecule has 1 aliphatic carbocycles. The summed E-state index contributed by atoms with van der Waals surface area (Å²) in [7, 11) is 1.36. The summed E-state index contributed by atoms with van der Waals surface area (Å²) in [6.45, 7) is 2.22. The van der Waals surface area contributed by atoms with E-state index in [0.29, 0.717) is 39.5 Å². The average Bonchev–Trinajstić information content (AvgIpc) is 3.60. The summed E-state index contributed by atoms with van der Waals surface area (Å²) in [6, 6.07) is 25.8. The first-order valence-corrected chi connectivity index (χ1v) is 20.0. The van der Waals surface area contributed by atoms with Crippen LogP contribution in [0, 0.1) is 0 Å². The van der Waals surface area contributed by atoms with Gasteiger partial charge in [0.15, 0.2) is 0 Å². The first kappa shape index (κ1) is 40.5. The van der Waals surface area contributed by atoms with E-state index >= 15 is 0 Å². The SMILES string of the molecule is CCOC(=O)CCCC(=O)N(Cc1cccc(C(=O)Nc2sc3c(c2C(=O)Nc2ccc(CCc4ccc(C(=O)OC)cc4)cc2)CCCC3)c1)c1cccnc1. The Morgan fingerprint density at radius 1 is 0.789 bits per heavy atom. The number of anilines is 3. The summed E-state index contributed by atoms with van der Waals surface area (Å²) in [4.78, 5) is 71.7. The summed E-state index contributed by atoms with van der Waals surface area (Å²) in [5.74, 6) is -1.51. The number of carbonyl (C=O) groups is 5. The van der Waals surface area contributed by atoms with Gasteiger partial charge in [-0.05, 0) is 123 Å². The number of nitrogens with one attached hydrogen (secondary N) is 2. The van der Waals surface area contributed by atoms with Crippen molar-refractivity contribution < 1.29 is 33.4 Å². The Morgan fingerprint density at radius 2 is 1.53 bits per heavy atom. The van der Waals surface area contributed by atoms with Gasteiger partial charge in [0, 0.05) is 35.2 Å². The third-order valence-corrected chi connectivity index (χ3v) is 11.0. The number of benzene rings is 3. The minimum atomic E-state index is -0.362. The van der Waals surface area contributed by atoms with E-state index in [1.54, 1.807) is 66.7 Å². The van der Waals surface area contributed by atoms with Crippen LogP contribution in [-0.2, 0) is 51.3 Å². The van der Waals surface area contributed by atoms with E-state index in [1.807, 2.05) is 42.5 Å². The lowest BCUT2D eigenvalue weighted by Gasteiger charge is -2.23. The molecule has 0 fully saturated rings. The maximum Gasteiger partial charge on any atom is 0.337 e. The highest BCUT2D eigenvalue weighted by Crippen LogP contribution is 2.39. The molecule has 2 heterocycles. The molecule has 2 aromatic heterocycles. The molecule has 0 spiro atoms. The number of fused-ring (bicyclic) bond motifs is 1. The number of aromatic nitrogens is 1. The second-order valence-corrected chi connectivity index (χ2v) is 14.9. The lowest BCUT2D eigenvalue weighted by atomic mass is 9.95. The highest BCUT2D eigenvalue weighted by atomic mass is 32.1. The van der Waals surface area contributed by atoms with Gasteiger partial charge in [0.05, 0.1) is 43.3 Å². The quantitative estimate of drug-likeness (QED) is 0.0950. The van der Waals surface area contributed by atoms with Crippen LogP contribution in [0.3, 0.4) is 0 Å². The van der Waals surface area contributed by atoms with Gasteiger partial charge in [-0.3, -0.25) is 24.2 Å². The number of methoxy groups -OCH3 is 1. The van der Waals surface area contributed by atoms with Gasteiger partial charge in [-0.1, -0.05) is 36.4 Å².